The van der Waals surface area contributed by atoms with Crippen LogP contribution in [0.3, 0.4) is 0 Å². The number of carbonyl (C=O) groups excluding carboxylic acids is 4. The van der Waals surface area contributed by atoms with Crippen molar-refractivity contribution < 1.29 is 49.0 Å². The van der Waals surface area contributed by atoms with Gasteiger partial charge in [0.15, 0.2) is 5.78 Å². The Balaban J connectivity index is 1.72. The van der Waals surface area contributed by atoms with Crippen molar-refractivity contribution in [2.24, 2.45) is 0 Å². The summed E-state index contributed by atoms with van der Waals surface area (Å²) in [5, 5.41) is 41.4. The van der Waals surface area contributed by atoms with Gasteiger partial charge in [-0.05, 0) is 25.0 Å². The van der Waals surface area contributed by atoms with Crippen molar-refractivity contribution in [3.63, 3.8) is 0 Å². The molecule has 2 aliphatic rings. The Morgan fingerprint density at radius 1 is 1.23 bits per heavy atom. The average molecular weight is 491 g/mol. The predicted molar refractivity (Wildman–Crippen MR) is 118 cm³/mol. The third kappa shape index (κ3) is 5.44. The van der Waals surface area contributed by atoms with Crippen molar-refractivity contribution in [1.29, 1.82) is 0 Å². The van der Waals surface area contributed by atoms with E-state index in [1.165, 1.54) is 17.0 Å². The second-order valence-electron chi connectivity index (χ2n) is 8.26. The molecule has 0 bridgehead atoms. The smallest absolute Gasteiger partial charge is 0.526 e. The van der Waals surface area contributed by atoms with Crippen molar-refractivity contribution in [2.75, 3.05) is 26.2 Å². The largest absolute Gasteiger partial charge is 0.535 e. The maximum Gasteiger partial charge on any atom is 0.526 e. The number of nitrogens with zero attached hydrogens (tertiary/aromatic N) is 2. The Kier molecular flexibility index (Phi) is 8.09. The third-order valence-electron chi connectivity index (χ3n) is 6.05. The van der Waals surface area contributed by atoms with Crippen LogP contribution in [0.25, 0.3) is 0 Å². The molecule has 14 heteroatoms. The first-order valence-corrected chi connectivity index (χ1v) is 11.0. The lowest BCUT2D eigenvalue weighted by Crippen LogP contribution is -2.61. The van der Waals surface area contributed by atoms with Gasteiger partial charge in [0.05, 0.1) is 12.2 Å². The predicted octanol–water partition coefficient (Wildman–Crippen LogP) is -1.75. The van der Waals surface area contributed by atoms with Gasteiger partial charge in [0.25, 0.3) is 0 Å². The van der Waals surface area contributed by atoms with E-state index in [2.05, 4.69) is 5.32 Å². The van der Waals surface area contributed by atoms with Crippen LogP contribution in [0.15, 0.2) is 18.2 Å². The second-order valence-corrected chi connectivity index (χ2v) is 8.26. The van der Waals surface area contributed by atoms with Gasteiger partial charge in [-0.25, -0.2) is 9.59 Å². The van der Waals surface area contributed by atoms with E-state index in [0.717, 1.165) is 0 Å². The van der Waals surface area contributed by atoms with Gasteiger partial charge >= 0.3 is 30.9 Å². The quantitative estimate of drug-likeness (QED) is 0.206. The highest BCUT2D eigenvalue weighted by atomic mass is 16.5. The molecule has 1 aromatic rings. The molecule has 0 radical (unpaired) electrons. The highest BCUT2D eigenvalue weighted by Gasteiger charge is 2.42. The number of carboxylic acid groups (broad SMARTS) is 1. The molecule has 0 unspecified atom stereocenters. The summed E-state index contributed by atoms with van der Waals surface area (Å²) in [4.78, 5) is 63.2. The van der Waals surface area contributed by atoms with Crippen molar-refractivity contribution >= 4 is 36.7 Å². The van der Waals surface area contributed by atoms with Gasteiger partial charge in [-0.3, -0.25) is 19.3 Å². The summed E-state index contributed by atoms with van der Waals surface area (Å²) in [6, 6.07) is 1.68. The van der Waals surface area contributed by atoms with Crippen LogP contribution < -0.4 is 9.97 Å². The molecule has 3 rings (SSSR count). The molecule has 35 heavy (non-hydrogen) atoms. The number of aliphatic hydroxyl groups excluding tert-OH is 2. The number of benzene rings is 1. The number of rotatable bonds is 8. The first-order chi connectivity index (χ1) is 16.6. The van der Waals surface area contributed by atoms with Crippen LogP contribution in [-0.2, 0) is 20.8 Å². The van der Waals surface area contributed by atoms with Crippen LogP contribution in [0.5, 0.6) is 5.75 Å². The van der Waals surface area contributed by atoms with Crippen molar-refractivity contribution in [1.82, 2.24) is 15.1 Å². The number of likely N-dealkylation sites (N-methyl/N-ethyl adjacent to an activating group) is 1. The first-order valence-electron chi connectivity index (χ1n) is 11.0. The number of hydrogen-bond donors (Lipinski definition) is 5. The van der Waals surface area contributed by atoms with Gasteiger partial charge < -0.3 is 35.2 Å². The number of piperazine rings is 1. The summed E-state index contributed by atoms with van der Waals surface area (Å²) in [7, 11) is -1.55. The normalized spacial score (nSPS) is 19.5. The van der Waals surface area contributed by atoms with E-state index >= 15 is 0 Å². The van der Waals surface area contributed by atoms with Gasteiger partial charge in [-0.2, -0.15) is 0 Å². The first kappa shape index (κ1) is 26.1. The number of Topliss-reactive ketones (excluding diaryl/α,β-unsaturated/α-hetero) is 1. The van der Waals surface area contributed by atoms with E-state index in [1.807, 2.05) is 0 Å². The summed E-state index contributed by atoms with van der Waals surface area (Å²) in [5.41, 5.74) is 0.309. The number of carboxylic acids is 1. The third-order valence-corrected chi connectivity index (χ3v) is 6.05. The van der Waals surface area contributed by atoms with E-state index in [-0.39, 0.29) is 37.4 Å². The number of fused-ring (bicyclic) bond motifs is 1. The molecule has 2 heterocycles. The van der Waals surface area contributed by atoms with Crippen molar-refractivity contribution in [3.05, 3.63) is 29.3 Å². The molecule has 0 saturated carbocycles. The molecule has 1 saturated heterocycles. The summed E-state index contributed by atoms with van der Waals surface area (Å²) < 4.78 is 5.36. The van der Waals surface area contributed by atoms with Crippen LogP contribution in [0.4, 0.5) is 4.79 Å². The Bertz CT molecular complexity index is 1030. The van der Waals surface area contributed by atoms with Crippen LogP contribution >= 0.6 is 0 Å². The second kappa shape index (κ2) is 10.8. The summed E-state index contributed by atoms with van der Waals surface area (Å²) in [6.07, 6.45) is -2.05. The highest BCUT2D eigenvalue weighted by molar-refractivity contribution is 6.47. The van der Waals surface area contributed by atoms with Gasteiger partial charge in [-0.1, -0.05) is 12.1 Å². The van der Waals surface area contributed by atoms with Gasteiger partial charge in [0, 0.05) is 31.9 Å². The Hall–Kier alpha value is -3.49. The van der Waals surface area contributed by atoms with Crippen LogP contribution in [0.1, 0.15) is 29.3 Å². The average Bonchev–Trinajstić information content (AvgIpc) is 2.83. The van der Waals surface area contributed by atoms with Crippen LogP contribution in [-0.4, -0.2) is 105 Å². The number of urea groups is 1. The number of amides is 4. The molecule has 4 amide bonds. The molecule has 188 valence electrons. The lowest BCUT2D eigenvalue weighted by atomic mass is 9.64. The van der Waals surface area contributed by atoms with E-state index in [1.54, 1.807) is 13.0 Å². The van der Waals surface area contributed by atoms with E-state index < -0.39 is 67.7 Å². The monoisotopic (exact) mass is 491 g/mol. The van der Waals surface area contributed by atoms with Gasteiger partial charge in [0.2, 0.25) is 0 Å². The number of nitrogens with one attached hydrogen (secondary N) is 1. The number of ketones is 1. The maximum absolute atomic E-state index is 13.0. The number of carbonyl (C=O) groups is 5. The molecule has 3 atom stereocenters. The minimum atomic E-state index is -1.72. The number of aromatic carboxylic acids is 1. The fourth-order valence-corrected chi connectivity index (χ4v) is 4.09. The number of para-hydroxylation sites is 1. The van der Waals surface area contributed by atoms with E-state index in [4.69, 9.17) is 4.65 Å². The standard InChI is InChI=1S/C21H26BN3O10/c1-2-24-6-7-25(19(30)18(24)29)21(33)23-16(15(28)10-26)14(27)9-12-8-11-4-3-5-13(20(31)32)17(11)35-22(12)34/h3-5,12,15-16,26,28,34H,2,6-10H2,1H3,(H,23,33)(H,31,32)/t12-,15-,16-/m1/s1. The molecular weight excluding hydrogens is 465 g/mol. The Morgan fingerprint density at radius 2 is 1.94 bits per heavy atom. The molecule has 13 nitrogen and oxygen atoms in total. The SMILES string of the molecule is CCN1CCN(C(=O)N[C@H](C(=O)C[C@H]2Cc3cccc(C(=O)O)c3OB2O)[C@H](O)CO)C(=O)C1=O. The minimum Gasteiger partial charge on any atom is -0.535 e. The lowest BCUT2D eigenvalue weighted by Gasteiger charge is -2.33. The van der Waals surface area contributed by atoms with Gasteiger partial charge in [0.1, 0.15) is 17.9 Å². The summed E-state index contributed by atoms with van der Waals surface area (Å²) >= 11 is 0. The maximum atomic E-state index is 13.0. The topological polar surface area (TPSA) is 194 Å². The zero-order valence-electron chi connectivity index (χ0n) is 18.9. The van der Waals surface area contributed by atoms with E-state index in [9.17, 15) is 44.3 Å². The molecule has 5 N–H and O–H groups in total. The fourth-order valence-electron chi connectivity index (χ4n) is 4.09. The zero-order chi connectivity index (χ0) is 25.9. The minimum absolute atomic E-state index is 0.00848. The number of imide groups is 1. The molecule has 0 aliphatic carbocycles. The molecule has 0 spiro atoms. The van der Waals surface area contributed by atoms with Crippen molar-refractivity contribution in [3.8, 4) is 5.75 Å². The summed E-state index contributed by atoms with van der Waals surface area (Å²) in [6.45, 7) is 1.07. The highest BCUT2D eigenvalue weighted by Crippen LogP contribution is 2.36. The van der Waals surface area contributed by atoms with Gasteiger partial charge in [-0.15, -0.1) is 0 Å². The summed E-state index contributed by atoms with van der Waals surface area (Å²) in [5.74, 6) is -4.82. The zero-order valence-corrected chi connectivity index (χ0v) is 18.9. The van der Waals surface area contributed by atoms with E-state index in [0.29, 0.717) is 10.5 Å². The van der Waals surface area contributed by atoms with Crippen LogP contribution in [0, 0.1) is 0 Å². The molecule has 0 aromatic heterocycles. The van der Waals surface area contributed by atoms with Crippen molar-refractivity contribution in [2.45, 2.75) is 37.7 Å². The molecule has 2 aliphatic heterocycles. The Labute approximate surface area is 200 Å². The van der Waals surface area contributed by atoms with Crippen LogP contribution in [0.2, 0.25) is 5.82 Å². The number of aliphatic hydroxyl groups is 2. The molecule has 1 fully saturated rings. The molecule has 1 aromatic carbocycles. The molecular formula is C21H26BN3O10. The number of hydrogen-bond acceptors (Lipinski definition) is 9. The lowest BCUT2D eigenvalue weighted by molar-refractivity contribution is -0.153. The Morgan fingerprint density at radius 3 is 2.57 bits per heavy atom. The fraction of sp³-hybridized carbons (Fsp3) is 0.476.